The summed E-state index contributed by atoms with van der Waals surface area (Å²) in [6.07, 6.45) is 8.49. The van der Waals surface area contributed by atoms with E-state index in [1.807, 2.05) is 5.37 Å². The molecule has 74 valence electrons. The molecule has 2 rings (SSSR count). The fourth-order valence-corrected chi connectivity index (χ4v) is 4.03. The summed E-state index contributed by atoms with van der Waals surface area (Å²) < 4.78 is 0. The highest BCUT2D eigenvalue weighted by Gasteiger charge is 2.44. The van der Waals surface area contributed by atoms with Crippen LogP contribution in [0.15, 0.2) is 0 Å². The summed E-state index contributed by atoms with van der Waals surface area (Å²) in [7, 11) is 0. The molecule has 0 radical (unpaired) electrons. The average Bonchev–Trinajstić information content (AvgIpc) is 2.01. The average molecular weight is 196 g/mol. The van der Waals surface area contributed by atoms with E-state index in [1.54, 1.807) is 0 Å². The summed E-state index contributed by atoms with van der Waals surface area (Å²) in [4.78, 5) is 0. The molecular formula is C12H20S. The van der Waals surface area contributed by atoms with Crippen molar-refractivity contribution in [3.8, 4) is 0 Å². The number of hydrogen-bond donors (Lipinski definition) is 0. The molecule has 3 unspecified atom stereocenters. The molecule has 0 N–H and O–H groups in total. The lowest BCUT2D eigenvalue weighted by atomic mass is 9.55. The van der Waals surface area contributed by atoms with Crippen molar-refractivity contribution >= 4 is 17.6 Å². The minimum absolute atomic E-state index is 0.368. The van der Waals surface area contributed by atoms with Gasteiger partial charge in [-0.15, -0.1) is 0 Å². The van der Waals surface area contributed by atoms with Crippen molar-refractivity contribution in [2.24, 2.45) is 16.7 Å². The Balaban J connectivity index is 2.19. The Bertz CT molecular complexity index is 223. The number of fused-ring (bicyclic) bond motifs is 2. The van der Waals surface area contributed by atoms with E-state index >= 15 is 0 Å². The summed E-state index contributed by atoms with van der Waals surface area (Å²) in [6, 6.07) is 0. The highest BCUT2D eigenvalue weighted by molar-refractivity contribution is 7.79. The van der Waals surface area contributed by atoms with E-state index < -0.39 is 0 Å². The summed E-state index contributed by atoms with van der Waals surface area (Å²) in [5.74, 6) is 0.969. The molecule has 0 aromatic heterocycles. The van der Waals surface area contributed by atoms with Crippen molar-refractivity contribution in [3.05, 3.63) is 0 Å². The maximum Gasteiger partial charge on any atom is -0.00341 e. The second kappa shape index (κ2) is 3.05. The summed E-state index contributed by atoms with van der Waals surface area (Å²) in [6.45, 7) is 4.82. The molecular weight excluding hydrogens is 176 g/mol. The molecule has 2 aliphatic carbocycles. The zero-order valence-electron chi connectivity index (χ0n) is 8.81. The van der Waals surface area contributed by atoms with Crippen molar-refractivity contribution in [2.75, 3.05) is 0 Å². The first kappa shape index (κ1) is 9.64. The van der Waals surface area contributed by atoms with Gasteiger partial charge in [0.05, 0.1) is 0 Å². The van der Waals surface area contributed by atoms with Gasteiger partial charge in [-0.25, -0.2) is 0 Å². The predicted molar refractivity (Wildman–Crippen MR) is 61.1 cm³/mol. The number of thiocarbonyl (C=S) groups is 1. The molecule has 0 aromatic carbocycles. The van der Waals surface area contributed by atoms with E-state index in [4.69, 9.17) is 12.2 Å². The summed E-state index contributed by atoms with van der Waals surface area (Å²) >= 11 is 5.19. The lowest BCUT2D eigenvalue weighted by Crippen LogP contribution is -2.40. The third kappa shape index (κ3) is 1.81. The van der Waals surface area contributed by atoms with Crippen molar-refractivity contribution in [2.45, 2.75) is 52.4 Å². The van der Waals surface area contributed by atoms with Crippen molar-refractivity contribution in [1.29, 1.82) is 0 Å². The first-order valence-corrected chi connectivity index (χ1v) is 5.99. The molecule has 0 amide bonds. The predicted octanol–water partition coefficient (Wildman–Crippen LogP) is 3.98. The first-order chi connectivity index (χ1) is 6.05. The van der Waals surface area contributed by atoms with Gasteiger partial charge in [0.25, 0.3) is 0 Å². The summed E-state index contributed by atoms with van der Waals surface area (Å²) in [5.41, 5.74) is 0.985. The van der Waals surface area contributed by atoms with Gasteiger partial charge in [-0.2, -0.15) is 0 Å². The quantitative estimate of drug-likeness (QED) is 0.572. The zero-order chi connectivity index (χ0) is 9.53. The van der Waals surface area contributed by atoms with Crippen molar-refractivity contribution in [1.82, 2.24) is 0 Å². The first-order valence-electron chi connectivity index (χ1n) is 5.52. The van der Waals surface area contributed by atoms with Crippen LogP contribution >= 0.6 is 12.2 Å². The lowest BCUT2D eigenvalue weighted by Gasteiger charge is -2.50. The Labute approximate surface area is 87.1 Å². The van der Waals surface area contributed by atoms with Gasteiger partial charge in [-0.1, -0.05) is 38.9 Å². The van der Waals surface area contributed by atoms with Crippen LogP contribution in [0.3, 0.4) is 0 Å². The topological polar surface area (TPSA) is 0 Å². The molecule has 2 aliphatic rings. The monoisotopic (exact) mass is 196 g/mol. The number of hydrogen-bond acceptors (Lipinski definition) is 1. The van der Waals surface area contributed by atoms with Crippen LogP contribution in [0.2, 0.25) is 0 Å². The van der Waals surface area contributed by atoms with Gasteiger partial charge >= 0.3 is 0 Å². The van der Waals surface area contributed by atoms with Gasteiger partial charge < -0.3 is 0 Å². The minimum atomic E-state index is 0.368. The Hall–Kier alpha value is 0.0900. The molecule has 2 bridgehead atoms. The van der Waals surface area contributed by atoms with Crippen LogP contribution in [-0.4, -0.2) is 5.37 Å². The second-order valence-corrected chi connectivity index (χ2v) is 6.16. The molecule has 2 saturated carbocycles. The van der Waals surface area contributed by atoms with E-state index in [9.17, 15) is 0 Å². The van der Waals surface area contributed by atoms with Gasteiger partial charge in [0, 0.05) is 0 Å². The third-order valence-corrected chi connectivity index (χ3v) is 4.61. The molecule has 3 atom stereocenters. The Morgan fingerprint density at radius 1 is 1.31 bits per heavy atom. The van der Waals surface area contributed by atoms with Crippen LogP contribution in [0.4, 0.5) is 0 Å². The maximum absolute atomic E-state index is 5.19. The van der Waals surface area contributed by atoms with Crippen LogP contribution in [0.1, 0.15) is 52.4 Å². The zero-order valence-corrected chi connectivity index (χ0v) is 9.62. The van der Waals surface area contributed by atoms with E-state index in [1.165, 1.54) is 38.5 Å². The van der Waals surface area contributed by atoms with Gasteiger partial charge in [-0.05, 0) is 47.8 Å². The van der Waals surface area contributed by atoms with Gasteiger partial charge in [0.1, 0.15) is 0 Å². The smallest absolute Gasteiger partial charge is 0.00341 e. The molecule has 2 fully saturated rings. The van der Waals surface area contributed by atoms with Gasteiger partial charge in [0.2, 0.25) is 0 Å². The molecule has 0 aromatic rings. The standard InChI is InChI=1S/C12H20S/c1-11-5-3-4-10(6-11)7-12(2,8-11)9-13/h9-10H,3-8H2,1-2H3. The van der Waals surface area contributed by atoms with E-state index in [2.05, 4.69) is 13.8 Å². The Kier molecular flexibility index (Phi) is 2.26. The molecule has 0 spiro atoms. The van der Waals surface area contributed by atoms with Gasteiger partial charge in [0.15, 0.2) is 0 Å². The molecule has 0 heterocycles. The Morgan fingerprint density at radius 2 is 2.08 bits per heavy atom. The number of rotatable bonds is 1. The van der Waals surface area contributed by atoms with E-state index in [-0.39, 0.29) is 0 Å². The molecule has 13 heavy (non-hydrogen) atoms. The lowest BCUT2D eigenvalue weighted by molar-refractivity contribution is 0.0406. The van der Waals surface area contributed by atoms with Crippen LogP contribution in [0, 0.1) is 16.7 Å². The minimum Gasteiger partial charge on any atom is -0.0929 e. The largest absolute Gasteiger partial charge is 0.0929 e. The second-order valence-electron chi connectivity index (χ2n) is 5.93. The van der Waals surface area contributed by atoms with Gasteiger partial charge in [-0.3, -0.25) is 0 Å². The molecule has 0 aliphatic heterocycles. The van der Waals surface area contributed by atoms with Crippen LogP contribution in [-0.2, 0) is 0 Å². The highest BCUT2D eigenvalue weighted by Crippen LogP contribution is 2.54. The fraction of sp³-hybridized carbons (Fsp3) is 0.917. The van der Waals surface area contributed by atoms with Crippen LogP contribution in [0.5, 0.6) is 0 Å². The molecule has 1 heteroatoms. The maximum atomic E-state index is 5.19. The Morgan fingerprint density at radius 3 is 2.69 bits per heavy atom. The van der Waals surface area contributed by atoms with E-state index in [0.29, 0.717) is 10.8 Å². The van der Waals surface area contributed by atoms with Crippen molar-refractivity contribution in [3.63, 3.8) is 0 Å². The normalized spacial score (nSPS) is 50.2. The van der Waals surface area contributed by atoms with Crippen molar-refractivity contribution < 1.29 is 0 Å². The highest BCUT2D eigenvalue weighted by atomic mass is 32.1. The third-order valence-electron chi connectivity index (χ3n) is 4.04. The summed E-state index contributed by atoms with van der Waals surface area (Å²) in [5, 5.41) is 2.04. The SMILES string of the molecule is CC1(C=S)CC2CCCC(C)(C2)C1. The molecule has 0 saturated heterocycles. The molecule has 0 nitrogen and oxygen atoms in total. The van der Waals surface area contributed by atoms with E-state index in [0.717, 1.165) is 5.92 Å². The fourth-order valence-electron chi connectivity index (χ4n) is 3.85. The van der Waals surface area contributed by atoms with Crippen LogP contribution in [0.25, 0.3) is 0 Å². The van der Waals surface area contributed by atoms with Crippen LogP contribution < -0.4 is 0 Å².